The molecule has 2 N–H and O–H groups in total. The van der Waals surface area contributed by atoms with Crippen LogP contribution >= 0.6 is 11.3 Å². The van der Waals surface area contributed by atoms with Crippen LogP contribution in [0.1, 0.15) is 23.6 Å². The zero-order valence-electron chi connectivity index (χ0n) is 12.5. The van der Waals surface area contributed by atoms with Gasteiger partial charge < -0.3 is 10.5 Å². The number of nitrogen functional groups attached to an aromatic ring is 1. The third-order valence-electron chi connectivity index (χ3n) is 4.03. The van der Waals surface area contributed by atoms with Gasteiger partial charge in [-0.05, 0) is 49.1 Å². The summed E-state index contributed by atoms with van der Waals surface area (Å²) in [6.07, 6.45) is 2.33. The highest BCUT2D eigenvalue weighted by molar-refractivity contribution is 7.19. The van der Waals surface area contributed by atoms with E-state index in [2.05, 4.69) is 4.74 Å². The van der Waals surface area contributed by atoms with Gasteiger partial charge in [-0.25, -0.2) is 0 Å². The minimum absolute atomic E-state index is 0.0532. The number of anilines is 1. The number of ether oxygens (including phenoxy) is 1. The number of rotatable bonds is 4. The molecule has 7 heteroatoms. The predicted molar refractivity (Wildman–Crippen MR) is 90.4 cm³/mol. The van der Waals surface area contributed by atoms with E-state index < -0.39 is 6.61 Å². The van der Waals surface area contributed by atoms with Crippen molar-refractivity contribution in [2.75, 3.05) is 5.73 Å². The van der Waals surface area contributed by atoms with Crippen molar-refractivity contribution in [3.05, 3.63) is 51.6 Å². The first kappa shape index (κ1) is 15.1. The summed E-state index contributed by atoms with van der Waals surface area (Å²) in [5.41, 5.74) is 7.58. The fraction of sp³-hybridized carbons (Fsp3) is 0.235. The monoisotopic (exact) mass is 348 g/mol. The molecule has 0 aliphatic heterocycles. The minimum atomic E-state index is -2.88. The maximum Gasteiger partial charge on any atom is 0.387 e. The van der Waals surface area contributed by atoms with E-state index in [4.69, 9.17) is 5.73 Å². The molecule has 0 radical (unpaired) electrons. The van der Waals surface area contributed by atoms with E-state index in [0.717, 1.165) is 23.1 Å². The van der Waals surface area contributed by atoms with Gasteiger partial charge in [-0.1, -0.05) is 0 Å². The molecule has 1 saturated carbocycles. The van der Waals surface area contributed by atoms with Gasteiger partial charge in [0.1, 0.15) is 5.75 Å². The summed E-state index contributed by atoms with van der Waals surface area (Å²) < 4.78 is 31.3. The number of hydrogen-bond donors (Lipinski definition) is 1. The molecule has 1 fully saturated rings. The summed E-state index contributed by atoms with van der Waals surface area (Å²) >= 11 is 1.62. The summed E-state index contributed by atoms with van der Waals surface area (Å²) in [6, 6.07) is 9.43. The number of thiophene rings is 1. The summed E-state index contributed by atoms with van der Waals surface area (Å²) in [4.78, 5) is 13.7. The Morgan fingerprint density at radius 3 is 2.54 bits per heavy atom. The number of nitrogens with zero attached hydrogens (tertiary/aromatic N) is 1. The molecule has 1 aliphatic carbocycles. The van der Waals surface area contributed by atoms with Crippen molar-refractivity contribution in [3.8, 4) is 11.4 Å². The average molecular weight is 348 g/mol. The third-order valence-corrected chi connectivity index (χ3v) is 5.37. The Kier molecular flexibility index (Phi) is 3.53. The van der Waals surface area contributed by atoms with Crippen LogP contribution in [0.4, 0.5) is 14.5 Å². The van der Waals surface area contributed by atoms with Gasteiger partial charge in [0, 0.05) is 16.6 Å². The molecular formula is C17H14F2N2O2S. The number of alkyl halides is 2. The lowest BCUT2D eigenvalue weighted by atomic mass is 10.2. The summed E-state index contributed by atoms with van der Waals surface area (Å²) in [5, 5.41) is 0. The maximum atomic E-state index is 12.4. The molecule has 1 aromatic carbocycles. The number of benzene rings is 1. The minimum Gasteiger partial charge on any atom is -0.435 e. The van der Waals surface area contributed by atoms with Crippen LogP contribution < -0.4 is 16.0 Å². The zero-order valence-corrected chi connectivity index (χ0v) is 13.4. The van der Waals surface area contributed by atoms with Crippen molar-refractivity contribution >= 4 is 27.2 Å². The first-order chi connectivity index (χ1) is 11.5. The Hall–Kier alpha value is -2.41. The molecule has 124 valence electrons. The molecule has 4 rings (SSSR count). The zero-order chi connectivity index (χ0) is 16.8. The van der Waals surface area contributed by atoms with Crippen molar-refractivity contribution in [3.63, 3.8) is 0 Å². The molecule has 0 saturated heterocycles. The number of pyridine rings is 1. The first-order valence-corrected chi connectivity index (χ1v) is 8.35. The van der Waals surface area contributed by atoms with Gasteiger partial charge in [0.2, 0.25) is 0 Å². The highest BCUT2D eigenvalue weighted by Gasteiger charge is 2.26. The Morgan fingerprint density at radius 1 is 1.21 bits per heavy atom. The van der Waals surface area contributed by atoms with Crippen LogP contribution in [0.15, 0.2) is 41.2 Å². The molecule has 2 heterocycles. The van der Waals surface area contributed by atoms with Crippen LogP contribution in [0.3, 0.4) is 0 Å². The number of aromatic nitrogens is 1. The topological polar surface area (TPSA) is 57.2 Å². The van der Waals surface area contributed by atoms with E-state index in [1.54, 1.807) is 28.0 Å². The maximum absolute atomic E-state index is 12.4. The number of fused-ring (bicyclic) bond motifs is 1. The van der Waals surface area contributed by atoms with E-state index in [0.29, 0.717) is 17.3 Å². The van der Waals surface area contributed by atoms with Crippen LogP contribution in [0, 0.1) is 0 Å². The van der Waals surface area contributed by atoms with Crippen molar-refractivity contribution in [2.24, 2.45) is 0 Å². The van der Waals surface area contributed by atoms with Crippen LogP contribution in [-0.2, 0) is 0 Å². The molecule has 2 aromatic heterocycles. The molecule has 3 aromatic rings. The molecule has 24 heavy (non-hydrogen) atoms. The highest BCUT2D eigenvalue weighted by atomic mass is 32.1. The lowest BCUT2D eigenvalue weighted by Crippen LogP contribution is -2.18. The van der Waals surface area contributed by atoms with Gasteiger partial charge in [0.25, 0.3) is 5.56 Å². The smallest absolute Gasteiger partial charge is 0.387 e. The average Bonchev–Trinajstić information content (AvgIpc) is 3.28. The van der Waals surface area contributed by atoms with Crippen molar-refractivity contribution in [1.82, 2.24) is 4.57 Å². The second-order valence-electron chi connectivity index (χ2n) is 5.78. The molecule has 0 atom stereocenters. The molecular weight excluding hydrogens is 334 g/mol. The van der Waals surface area contributed by atoms with E-state index in [9.17, 15) is 13.6 Å². The van der Waals surface area contributed by atoms with Gasteiger partial charge in [0.15, 0.2) is 0 Å². The van der Waals surface area contributed by atoms with Crippen LogP contribution in [0.5, 0.6) is 5.75 Å². The molecule has 1 aliphatic rings. The highest BCUT2D eigenvalue weighted by Crippen LogP contribution is 2.46. The Morgan fingerprint density at radius 2 is 1.92 bits per heavy atom. The Balaban J connectivity index is 1.84. The number of halogens is 2. The number of hydrogen-bond acceptors (Lipinski definition) is 4. The summed E-state index contributed by atoms with van der Waals surface area (Å²) in [5.74, 6) is 0.615. The SMILES string of the molecule is Nc1cc(=O)n(-c2ccc(OC(F)F)cc2)c2cc(C3CC3)sc12. The van der Waals surface area contributed by atoms with E-state index >= 15 is 0 Å². The second kappa shape index (κ2) is 5.59. The number of nitrogens with two attached hydrogens (primary N) is 1. The molecule has 0 spiro atoms. The van der Waals surface area contributed by atoms with E-state index in [1.807, 2.05) is 6.07 Å². The summed E-state index contributed by atoms with van der Waals surface area (Å²) in [6.45, 7) is -2.88. The normalized spacial score (nSPS) is 14.5. The van der Waals surface area contributed by atoms with Gasteiger partial charge in [-0.3, -0.25) is 9.36 Å². The van der Waals surface area contributed by atoms with E-state index in [1.165, 1.54) is 23.1 Å². The lowest BCUT2D eigenvalue weighted by molar-refractivity contribution is -0.0498. The first-order valence-electron chi connectivity index (χ1n) is 7.53. The molecule has 0 bridgehead atoms. The largest absolute Gasteiger partial charge is 0.435 e. The Labute approximate surface area is 140 Å². The fourth-order valence-corrected chi connectivity index (χ4v) is 4.01. The Bertz CT molecular complexity index is 959. The summed E-state index contributed by atoms with van der Waals surface area (Å²) in [7, 11) is 0. The van der Waals surface area contributed by atoms with Crippen molar-refractivity contribution in [2.45, 2.75) is 25.4 Å². The quantitative estimate of drug-likeness (QED) is 0.772. The van der Waals surface area contributed by atoms with Crippen molar-refractivity contribution in [1.29, 1.82) is 0 Å². The van der Waals surface area contributed by atoms with Gasteiger partial charge in [0.05, 0.1) is 15.9 Å². The standard InChI is InChI=1S/C17H14F2N2O2S/c18-17(19)23-11-5-3-10(4-6-11)21-13-8-14(9-1-2-9)24-16(13)12(20)7-15(21)22/h3-9,17H,1-2,20H2. The van der Waals surface area contributed by atoms with Crippen molar-refractivity contribution < 1.29 is 13.5 Å². The van der Waals surface area contributed by atoms with Gasteiger partial charge >= 0.3 is 6.61 Å². The molecule has 4 nitrogen and oxygen atoms in total. The second-order valence-corrected chi connectivity index (χ2v) is 6.87. The fourth-order valence-electron chi connectivity index (χ4n) is 2.77. The lowest BCUT2D eigenvalue weighted by Gasteiger charge is -2.10. The molecule has 0 amide bonds. The third kappa shape index (κ3) is 2.65. The van der Waals surface area contributed by atoms with Crippen LogP contribution in [0.25, 0.3) is 15.9 Å². The van der Waals surface area contributed by atoms with Gasteiger partial charge in [-0.2, -0.15) is 8.78 Å². The van der Waals surface area contributed by atoms with Crippen LogP contribution in [0.2, 0.25) is 0 Å². The van der Waals surface area contributed by atoms with Gasteiger partial charge in [-0.15, -0.1) is 11.3 Å². The van der Waals surface area contributed by atoms with Crippen LogP contribution in [-0.4, -0.2) is 11.2 Å². The molecule has 0 unspecified atom stereocenters. The van der Waals surface area contributed by atoms with E-state index in [-0.39, 0.29) is 11.3 Å². The predicted octanol–water partition coefficient (Wildman–Crippen LogP) is 4.11.